The van der Waals surface area contributed by atoms with E-state index in [-0.39, 0.29) is 4.90 Å². The second-order valence-corrected chi connectivity index (χ2v) is 10.8. The van der Waals surface area contributed by atoms with Crippen molar-refractivity contribution in [3.8, 4) is 6.07 Å². The summed E-state index contributed by atoms with van der Waals surface area (Å²) in [5, 5.41) is 13.3. The van der Waals surface area contributed by atoms with Gasteiger partial charge in [-0.1, -0.05) is 12.1 Å². The minimum absolute atomic E-state index is 0.192. The number of fused-ring (bicyclic) bond motifs is 1. The molecular formula is C25H30N6O2S. The molecule has 3 aromatic rings. The fraction of sp³-hybridized carbons (Fsp3) is 0.400. The summed E-state index contributed by atoms with van der Waals surface area (Å²) in [6.07, 6.45) is 4.02. The van der Waals surface area contributed by atoms with Crippen LogP contribution >= 0.6 is 0 Å². The van der Waals surface area contributed by atoms with Crippen LogP contribution in [0.4, 0.5) is 11.8 Å². The molecule has 1 aromatic heterocycles. The first-order valence-corrected chi connectivity index (χ1v) is 13.0. The molecule has 1 heterocycles. The van der Waals surface area contributed by atoms with Crippen LogP contribution in [0.2, 0.25) is 0 Å². The van der Waals surface area contributed by atoms with Crippen molar-refractivity contribution in [2.24, 2.45) is 11.8 Å². The van der Waals surface area contributed by atoms with Gasteiger partial charge in [-0.25, -0.2) is 18.1 Å². The third-order valence-corrected chi connectivity index (χ3v) is 7.82. The van der Waals surface area contributed by atoms with Gasteiger partial charge in [0.1, 0.15) is 5.82 Å². The lowest BCUT2D eigenvalue weighted by molar-refractivity contribution is 0.284. The molecule has 0 radical (unpaired) electrons. The molecule has 34 heavy (non-hydrogen) atoms. The number of benzene rings is 2. The normalized spacial score (nSPS) is 18.4. The maximum absolute atomic E-state index is 12.5. The number of nitriles is 1. The predicted molar refractivity (Wildman–Crippen MR) is 134 cm³/mol. The number of para-hydroxylation sites is 1. The van der Waals surface area contributed by atoms with Gasteiger partial charge in [0, 0.05) is 32.6 Å². The van der Waals surface area contributed by atoms with Crippen LogP contribution in [0, 0.1) is 23.2 Å². The molecule has 0 atom stereocenters. The van der Waals surface area contributed by atoms with E-state index in [4.69, 9.17) is 10.2 Å². The first kappa shape index (κ1) is 23.9. The van der Waals surface area contributed by atoms with E-state index in [0.29, 0.717) is 29.9 Å². The number of hydrogen-bond donors (Lipinski definition) is 2. The molecule has 0 saturated heterocycles. The maximum Gasteiger partial charge on any atom is 0.240 e. The van der Waals surface area contributed by atoms with Crippen LogP contribution in [0.1, 0.15) is 31.2 Å². The number of rotatable bonds is 8. The van der Waals surface area contributed by atoms with E-state index in [1.54, 1.807) is 0 Å². The Bertz CT molecular complexity index is 1280. The Balaban J connectivity index is 1.28. The van der Waals surface area contributed by atoms with E-state index in [2.05, 4.69) is 15.0 Å². The number of sulfonamides is 1. The van der Waals surface area contributed by atoms with Crippen molar-refractivity contribution in [1.82, 2.24) is 14.7 Å². The molecule has 4 rings (SSSR count). The standard InChI is InChI=1S/C25H30N6O2S/c1-31(2)24-22-5-3-4-6-23(22)29-25(30-24)27-16-19-7-9-20(10-8-19)17-28-34(32,33)21-13-11-18(15-26)12-14-21/h3-6,11-14,19-20,28H,7-10,16-17H2,1-2H3,(H,27,29,30)/t19-,20-. The summed E-state index contributed by atoms with van der Waals surface area (Å²) in [5.41, 5.74) is 1.36. The Morgan fingerprint density at radius 2 is 1.62 bits per heavy atom. The fourth-order valence-electron chi connectivity index (χ4n) is 4.37. The van der Waals surface area contributed by atoms with E-state index < -0.39 is 10.0 Å². The van der Waals surface area contributed by atoms with Gasteiger partial charge in [-0.15, -0.1) is 0 Å². The maximum atomic E-state index is 12.5. The molecule has 1 fully saturated rings. The SMILES string of the molecule is CN(C)c1nc(NC[C@H]2CC[C@H](CNS(=O)(=O)c3ccc(C#N)cc3)CC2)nc2ccccc12. The van der Waals surface area contributed by atoms with Gasteiger partial charge in [-0.3, -0.25) is 0 Å². The molecule has 2 aromatic carbocycles. The van der Waals surface area contributed by atoms with E-state index in [1.165, 1.54) is 24.3 Å². The summed E-state index contributed by atoms with van der Waals surface area (Å²) >= 11 is 0. The van der Waals surface area contributed by atoms with Gasteiger partial charge in [0.25, 0.3) is 0 Å². The van der Waals surface area contributed by atoms with Crippen LogP contribution in [0.5, 0.6) is 0 Å². The molecule has 178 valence electrons. The van der Waals surface area contributed by atoms with E-state index in [9.17, 15) is 8.42 Å². The second-order valence-electron chi connectivity index (χ2n) is 9.04. The van der Waals surface area contributed by atoms with Crippen LogP contribution in [-0.4, -0.2) is 45.6 Å². The van der Waals surface area contributed by atoms with Gasteiger partial charge in [-0.05, 0) is 73.9 Å². The highest BCUT2D eigenvalue weighted by Crippen LogP contribution is 2.29. The molecule has 0 amide bonds. The van der Waals surface area contributed by atoms with Crippen molar-refractivity contribution in [3.05, 3.63) is 54.1 Å². The molecule has 1 aliphatic rings. The summed E-state index contributed by atoms with van der Waals surface area (Å²) in [6, 6.07) is 16.0. The zero-order chi connectivity index (χ0) is 24.1. The molecular weight excluding hydrogens is 448 g/mol. The molecule has 2 N–H and O–H groups in total. The lowest BCUT2D eigenvalue weighted by atomic mass is 9.82. The average molecular weight is 479 g/mol. The van der Waals surface area contributed by atoms with Gasteiger partial charge in [0.15, 0.2) is 0 Å². The first-order valence-electron chi connectivity index (χ1n) is 11.5. The van der Waals surface area contributed by atoms with Crippen LogP contribution in [0.3, 0.4) is 0 Å². The molecule has 1 aliphatic carbocycles. The quantitative estimate of drug-likeness (QED) is 0.507. The van der Waals surface area contributed by atoms with Gasteiger partial charge in [0.05, 0.1) is 22.0 Å². The Hall–Kier alpha value is -3.22. The Morgan fingerprint density at radius 1 is 0.971 bits per heavy atom. The largest absolute Gasteiger partial charge is 0.362 e. The van der Waals surface area contributed by atoms with Crippen LogP contribution in [0.25, 0.3) is 10.9 Å². The Morgan fingerprint density at radius 3 is 2.26 bits per heavy atom. The summed E-state index contributed by atoms with van der Waals surface area (Å²) in [6.45, 7) is 1.23. The van der Waals surface area contributed by atoms with Crippen molar-refractivity contribution in [2.75, 3.05) is 37.4 Å². The zero-order valence-electron chi connectivity index (χ0n) is 19.5. The summed E-state index contributed by atoms with van der Waals surface area (Å²) in [4.78, 5) is 11.6. The highest BCUT2D eigenvalue weighted by atomic mass is 32.2. The molecule has 9 heteroatoms. The number of nitrogens with zero attached hydrogens (tertiary/aromatic N) is 4. The van der Waals surface area contributed by atoms with Crippen molar-refractivity contribution >= 4 is 32.7 Å². The highest BCUT2D eigenvalue weighted by Gasteiger charge is 2.23. The topological polar surface area (TPSA) is 111 Å². The lowest BCUT2D eigenvalue weighted by Crippen LogP contribution is -2.32. The molecule has 0 bridgehead atoms. The van der Waals surface area contributed by atoms with E-state index in [1.807, 2.05) is 49.3 Å². The van der Waals surface area contributed by atoms with Crippen molar-refractivity contribution in [2.45, 2.75) is 30.6 Å². The minimum Gasteiger partial charge on any atom is -0.362 e. The first-order chi connectivity index (χ1) is 16.4. The molecule has 1 saturated carbocycles. The van der Waals surface area contributed by atoms with Gasteiger partial charge in [0.2, 0.25) is 16.0 Å². The highest BCUT2D eigenvalue weighted by molar-refractivity contribution is 7.89. The van der Waals surface area contributed by atoms with E-state index >= 15 is 0 Å². The summed E-state index contributed by atoms with van der Waals surface area (Å²) in [7, 11) is 0.397. The summed E-state index contributed by atoms with van der Waals surface area (Å²) in [5.74, 6) is 2.36. The van der Waals surface area contributed by atoms with Gasteiger partial charge >= 0.3 is 0 Å². The average Bonchev–Trinajstić information content (AvgIpc) is 2.86. The molecule has 0 aliphatic heterocycles. The molecule has 8 nitrogen and oxygen atoms in total. The molecule has 0 spiro atoms. The van der Waals surface area contributed by atoms with Crippen LogP contribution in [0.15, 0.2) is 53.4 Å². The van der Waals surface area contributed by atoms with Gasteiger partial charge in [-0.2, -0.15) is 10.2 Å². The van der Waals surface area contributed by atoms with Crippen LogP contribution in [-0.2, 0) is 10.0 Å². The number of anilines is 2. The third-order valence-electron chi connectivity index (χ3n) is 6.38. The smallest absolute Gasteiger partial charge is 0.240 e. The number of aromatic nitrogens is 2. The Kier molecular flexibility index (Phi) is 7.29. The monoisotopic (exact) mass is 478 g/mol. The molecule has 0 unspecified atom stereocenters. The van der Waals surface area contributed by atoms with Crippen molar-refractivity contribution < 1.29 is 8.42 Å². The number of nitrogens with one attached hydrogen (secondary N) is 2. The van der Waals surface area contributed by atoms with E-state index in [0.717, 1.165) is 48.9 Å². The fourth-order valence-corrected chi connectivity index (χ4v) is 5.49. The summed E-state index contributed by atoms with van der Waals surface area (Å²) < 4.78 is 27.8. The number of hydrogen-bond acceptors (Lipinski definition) is 7. The van der Waals surface area contributed by atoms with Crippen molar-refractivity contribution in [1.29, 1.82) is 5.26 Å². The predicted octanol–water partition coefficient (Wildman–Crippen LogP) is 3.76. The van der Waals surface area contributed by atoms with Crippen molar-refractivity contribution in [3.63, 3.8) is 0 Å². The lowest BCUT2D eigenvalue weighted by Gasteiger charge is -2.28. The van der Waals surface area contributed by atoms with Crippen LogP contribution < -0.4 is 14.9 Å². The minimum atomic E-state index is -3.57. The van der Waals surface area contributed by atoms with Gasteiger partial charge < -0.3 is 10.2 Å². The zero-order valence-corrected chi connectivity index (χ0v) is 20.3. The second kappa shape index (κ2) is 10.4. The third kappa shape index (κ3) is 5.64. The Labute approximate surface area is 201 Å².